The van der Waals surface area contributed by atoms with Crippen molar-refractivity contribution >= 4 is 0 Å². The minimum absolute atomic E-state index is 0. The van der Waals surface area contributed by atoms with Crippen LogP contribution >= 0.6 is 0 Å². The molecule has 1 saturated carbocycles. The van der Waals surface area contributed by atoms with Gasteiger partial charge in [-0.1, -0.05) is 60.7 Å². The number of rotatable bonds is 3. The lowest BCUT2D eigenvalue weighted by Crippen LogP contribution is -3.00. The molecule has 0 bridgehead atoms. The van der Waals surface area contributed by atoms with Crippen LogP contribution in [0.5, 0.6) is 0 Å². The van der Waals surface area contributed by atoms with Crippen molar-refractivity contribution in [3.8, 4) is 0 Å². The van der Waals surface area contributed by atoms with Crippen LogP contribution in [0.3, 0.4) is 0 Å². The number of hydrogen-bond acceptors (Lipinski definition) is 0. The third-order valence-electron chi connectivity index (χ3n) is 4.32. The highest BCUT2D eigenvalue weighted by Crippen LogP contribution is 2.65. The van der Waals surface area contributed by atoms with E-state index in [9.17, 15) is 0 Å². The Balaban J connectivity index is 0.00000144. The number of halogens is 1. The molecule has 108 valence electrons. The molecule has 3 aromatic rings. The molecule has 0 nitrogen and oxygen atoms in total. The smallest absolute Gasteiger partial charge is 0.134 e. The van der Waals surface area contributed by atoms with Gasteiger partial charge in [-0.2, -0.15) is 0 Å². The van der Waals surface area contributed by atoms with E-state index in [1.807, 2.05) is 0 Å². The molecule has 0 heterocycles. The summed E-state index contributed by atoms with van der Waals surface area (Å²) in [6, 6.07) is 32.5. The monoisotopic (exact) mass is 348 g/mol. The topological polar surface area (TPSA) is 0 Å². The summed E-state index contributed by atoms with van der Waals surface area (Å²) >= 11 is 0. The Kier molecular flexibility index (Phi) is 4.35. The summed E-state index contributed by atoms with van der Waals surface area (Å²) in [5.41, 5.74) is 4.22. The van der Waals surface area contributed by atoms with Gasteiger partial charge >= 0.3 is 0 Å². The molecule has 0 aromatic heterocycles. The highest BCUT2D eigenvalue weighted by atomic mass is 79.9. The van der Waals surface area contributed by atoms with Crippen molar-refractivity contribution in [2.75, 3.05) is 0 Å². The van der Waals surface area contributed by atoms with Crippen LogP contribution in [-0.4, -0.2) is 0 Å². The van der Waals surface area contributed by atoms with Crippen LogP contribution in [0.4, 0.5) is 0 Å². The van der Waals surface area contributed by atoms with Gasteiger partial charge in [0.1, 0.15) is 5.56 Å². The molecule has 2 unspecified atom stereocenters. The summed E-state index contributed by atoms with van der Waals surface area (Å²) < 4.78 is 0. The first-order valence-corrected chi connectivity index (χ1v) is 7.47. The van der Waals surface area contributed by atoms with Gasteiger partial charge in [-0.25, -0.2) is 0 Å². The molecule has 4 rings (SSSR count). The quantitative estimate of drug-likeness (QED) is 0.636. The summed E-state index contributed by atoms with van der Waals surface area (Å²) in [6.45, 7) is 0. The molecule has 0 spiro atoms. The van der Waals surface area contributed by atoms with E-state index in [2.05, 4.69) is 91.0 Å². The third-order valence-corrected chi connectivity index (χ3v) is 4.32. The van der Waals surface area contributed by atoms with Crippen molar-refractivity contribution in [1.29, 1.82) is 0 Å². The zero-order valence-electron chi connectivity index (χ0n) is 12.2. The van der Waals surface area contributed by atoms with E-state index in [1.54, 1.807) is 5.92 Å². The Morgan fingerprint density at radius 1 is 0.500 bits per heavy atom. The molecule has 0 amide bonds. The summed E-state index contributed by atoms with van der Waals surface area (Å²) in [5.74, 6) is 2.60. The molecule has 1 aliphatic carbocycles. The van der Waals surface area contributed by atoms with Crippen LogP contribution in [-0.2, 0) is 0 Å². The zero-order valence-corrected chi connectivity index (χ0v) is 13.8. The van der Waals surface area contributed by atoms with Crippen molar-refractivity contribution < 1.29 is 17.0 Å². The molecule has 1 heteroatoms. The molecular formula is C21H17Br. The van der Waals surface area contributed by atoms with Crippen LogP contribution in [0.1, 0.15) is 28.5 Å². The second-order valence-electron chi connectivity index (χ2n) is 5.60. The maximum absolute atomic E-state index is 2.25. The summed E-state index contributed by atoms with van der Waals surface area (Å²) in [4.78, 5) is 0. The lowest BCUT2D eigenvalue weighted by molar-refractivity contribution is -0.00000403. The average Bonchev–Trinajstić information content (AvgIpc) is 3.33. The van der Waals surface area contributed by atoms with Crippen molar-refractivity contribution in [2.45, 2.75) is 11.8 Å². The first-order valence-electron chi connectivity index (χ1n) is 7.47. The van der Waals surface area contributed by atoms with Crippen LogP contribution in [0, 0.1) is 5.92 Å². The maximum atomic E-state index is 2.25. The van der Waals surface area contributed by atoms with Crippen LogP contribution in [0.25, 0.3) is 0 Å². The van der Waals surface area contributed by atoms with Gasteiger partial charge in [0.2, 0.25) is 0 Å². The summed E-state index contributed by atoms with van der Waals surface area (Å²) in [5, 5.41) is 0. The van der Waals surface area contributed by atoms with Gasteiger partial charge in [0, 0.05) is 12.1 Å². The van der Waals surface area contributed by atoms with Gasteiger partial charge in [-0.15, -0.1) is 0 Å². The third kappa shape index (κ3) is 2.69. The molecule has 0 aliphatic heterocycles. The Morgan fingerprint density at radius 2 is 0.864 bits per heavy atom. The minimum Gasteiger partial charge on any atom is -1.00 e. The molecule has 0 radical (unpaired) electrons. The number of benzene rings is 3. The normalized spacial score (nSPS) is 19.4. The Bertz CT molecular complexity index is 597. The molecule has 0 saturated heterocycles. The van der Waals surface area contributed by atoms with E-state index in [0.717, 1.165) is 0 Å². The molecular weight excluding hydrogens is 332 g/mol. The fourth-order valence-electron chi connectivity index (χ4n) is 3.32. The predicted molar refractivity (Wildman–Crippen MR) is 87.2 cm³/mol. The van der Waals surface area contributed by atoms with Crippen molar-refractivity contribution in [1.82, 2.24) is 0 Å². The standard InChI is InChI=1S/C21H17.BrH/c1-4-10-16(11-5-1)19-20(17-12-6-2-7-13-17)21(19)18-14-8-3-9-15-18;/h1-15,19-20H;1H/q+1;/p-1. The Hall–Kier alpha value is -1.99. The summed E-state index contributed by atoms with van der Waals surface area (Å²) in [6.07, 6.45) is 0. The molecule has 1 aliphatic rings. The zero-order chi connectivity index (χ0) is 14.1. The van der Waals surface area contributed by atoms with Crippen LogP contribution in [0.2, 0.25) is 0 Å². The maximum Gasteiger partial charge on any atom is 0.134 e. The molecule has 1 fully saturated rings. The molecule has 22 heavy (non-hydrogen) atoms. The molecule has 2 atom stereocenters. The highest BCUT2D eigenvalue weighted by molar-refractivity contribution is 5.59. The Morgan fingerprint density at radius 3 is 1.27 bits per heavy atom. The van der Waals surface area contributed by atoms with Gasteiger partial charge in [-0.3, -0.25) is 0 Å². The fraction of sp³-hybridized carbons (Fsp3) is 0.0952. The highest BCUT2D eigenvalue weighted by Gasteiger charge is 2.58. The predicted octanol–water partition coefficient (Wildman–Crippen LogP) is 2.19. The van der Waals surface area contributed by atoms with Crippen molar-refractivity contribution in [2.24, 2.45) is 0 Å². The minimum atomic E-state index is 0. The van der Waals surface area contributed by atoms with E-state index >= 15 is 0 Å². The molecule has 0 N–H and O–H groups in total. The summed E-state index contributed by atoms with van der Waals surface area (Å²) in [7, 11) is 0. The fourth-order valence-corrected chi connectivity index (χ4v) is 3.32. The first-order chi connectivity index (χ1) is 10.4. The lowest BCUT2D eigenvalue weighted by atomic mass is 10.0. The SMILES string of the molecule is [Br-].c1ccc([C+]2C(c3ccccc3)C2c2ccccc2)cc1. The lowest BCUT2D eigenvalue weighted by Gasteiger charge is -1.97. The second-order valence-corrected chi connectivity index (χ2v) is 5.60. The van der Waals surface area contributed by atoms with Crippen LogP contribution < -0.4 is 17.0 Å². The van der Waals surface area contributed by atoms with Gasteiger partial charge in [0.25, 0.3) is 0 Å². The van der Waals surface area contributed by atoms with E-state index in [1.165, 1.54) is 16.7 Å². The largest absolute Gasteiger partial charge is 1.00 e. The van der Waals surface area contributed by atoms with Gasteiger partial charge < -0.3 is 17.0 Å². The van der Waals surface area contributed by atoms with E-state index in [-0.39, 0.29) is 17.0 Å². The first kappa shape index (κ1) is 14.9. The van der Waals surface area contributed by atoms with Gasteiger partial charge in [-0.05, 0) is 29.3 Å². The second kappa shape index (κ2) is 6.41. The van der Waals surface area contributed by atoms with E-state index in [0.29, 0.717) is 11.8 Å². The van der Waals surface area contributed by atoms with Crippen molar-refractivity contribution in [3.63, 3.8) is 0 Å². The van der Waals surface area contributed by atoms with Crippen molar-refractivity contribution in [3.05, 3.63) is 114 Å². The average molecular weight is 349 g/mol. The van der Waals surface area contributed by atoms with Gasteiger partial charge in [0.05, 0.1) is 17.8 Å². The van der Waals surface area contributed by atoms with Crippen LogP contribution in [0.15, 0.2) is 91.0 Å². The molecule has 3 aromatic carbocycles. The van der Waals surface area contributed by atoms with E-state index < -0.39 is 0 Å². The van der Waals surface area contributed by atoms with Gasteiger partial charge in [0.15, 0.2) is 0 Å². The van der Waals surface area contributed by atoms with E-state index in [4.69, 9.17) is 0 Å². The number of hydrogen-bond donors (Lipinski definition) is 0. The Labute approximate surface area is 142 Å².